The maximum absolute atomic E-state index is 12.3. The molecule has 0 bridgehead atoms. The summed E-state index contributed by atoms with van der Waals surface area (Å²) in [5.74, 6) is -0.276. The molecule has 2 aromatic rings. The second kappa shape index (κ2) is 6.81. The Labute approximate surface area is 123 Å². The van der Waals surface area contributed by atoms with Gasteiger partial charge in [0.2, 0.25) is 0 Å². The van der Waals surface area contributed by atoms with E-state index in [1.165, 1.54) is 4.90 Å². The average molecular weight is 286 g/mol. The molecular weight excluding hydrogens is 268 g/mol. The van der Waals surface area contributed by atoms with Gasteiger partial charge in [-0.1, -0.05) is 29.0 Å². The topological polar surface area (TPSA) is 71.2 Å². The molecule has 0 aliphatic rings. The van der Waals surface area contributed by atoms with Gasteiger partial charge in [0.1, 0.15) is 0 Å². The fourth-order valence-corrected chi connectivity index (χ4v) is 1.90. The molecule has 1 aromatic carbocycles. The number of hydrogen-bond acceptors (Lipinski definition) is 4. The minimum Gasteiger partial charge on any atom is -0.395 e. The third-order valence-corrected chi connectivity index (χ3v) is 3.02. The highest BCUT2D eigenvalue weighted by molar-refractivity contribution is 5.92. The van der Waals surface area contributed by atoms with Crippen LogP contribution in [0.2, 0.25) is 0 Å². The number of nitrogens with zero attached hydrogens (tertiary/aromatic N) is 4. The van der Waals surface area contributed by atoms with Crippen LogP contribution in [0.25, 0.3) is 5.69 Å². The Morgan fingerprint density at radius 1 is 1.43 bits per heavy atom. The first-order valence-electron chi connectivity index (χ1n) is 6.66. The lowest BCUT2D eigenvalue weighted by Gasteiger charge is -2.18. The first kappa shape index (κ1) is 14.9. The summed E-state index contributed by atoms with van der Waals surface area (Å²) in [6.07, 6.45) is 3.19. The van der Waals surface area contributed by atoms with E-state index in [1.54, 1.807) is 17.0 Å². The van der Waals surface area contributed by atoms with Gasteiger partial charge in [0.25, 0.3) is 5.91 Å². The van der Waals surface area contributed by atoms with Crippen LogP contribution in [0.1, 0.15) is 16.1 Å². The van der Waals surface area contributed by atoms with Crippen molar-refractivity contribution in [2.24, 2.45) is 0 Å². The largest absolute Gasteiger partial charge is 0.395 e. The highest BCUT2D eigenvalue weighted by Crippen LogP contribution is 2.09. The molecule has 0 fully saturated rings. The number of rotatable bonds is 6. The Kier molecular flexibility index (Phi) is 4.84. The highest BCUT2D eigenvalue weighted by Gasteiger charge is 2.18. The molecule has 0 saturated heterocycles. The summed E-state index contributed by atoms with van der Waals surface area (Å²) in [7, 11) is 0. The summed E-state index contributed by atoms with van der Waals surface area (Å²) in [5.41, 5.74) is 2.23. The normalized spacial score (nSPS) is 10.4. The Morgan fingerprint density at radius 2 is 2.14 bits per heavy atom. The molecule has 0 atom stereocenters. The van der Waals surface area contributed by atoms with Crippen molar-refractivity contribution in [1.29, 1.82) is 0 Å². The van der Waals surface area contributed by atoms with Gasteiger partial charge < -0.3 is 10.0 Å². The summed E-state index contributed by atoms with van der Waals surface area (Å²) in [5, 5.41) is 16.9. The van der Waals surface area contributed by atoms with E-state index in [0.29, 0.717) is 6.54 Å². The maximum atomic E-state index is 12.3. The van der Waals surface area contributed by atoms with Crippen molar-refractivity contribution in [3.05, 3.63) is 54.4 Å². The monoisotopic (exact) mass is 286 g/mol. The van der Waals surface area contributed by atoms with E-state index in [4.69, 9.17) is 5.11 Å². The summed E-state index contributed by atoms with van der Waals surface area (Å²) in [6, 6.07) is 7.75. The fourth-order valence-electron chi connectivity index (χ4n) is 1.90. The minimum absolute atomic E-state index is 0.105. The van der Waals surface area contributed by atoms with Crippen molar-refractivity contribution in [3.8, 4) is 5.69 Å². The van der Waals surface area contributed by atoms with Gasteiger partial charge in [0, 0.05) is 13.1 Å². The molecule has 1 heterocycles. The van der Waals surface area contributed by atoms with Crippen LogP contribution in [0.15, 0.2) is 43.1 Å². The third-order valence-electron chi connectivity index (χ3n) is 3.02. The van der Waals surface area contributed by atoms with Crippen LogP contribution in [0, 0.1) is 6.92 Å². The Balaban J connectivity index is 2.20. The number of benzene rings is 1. The quantitative estimate of drug-likeness (QED) is 0.810. The van der Waals surface area contributed by atoms with E-state index in [0.717, 1.165) is 11.3 Å². The summed E-state index contributed by atoms with van der Waals surface area (Å²) >= 11 is 0. The summed E-state index contributed by atoms with van der Waals surface area (Å²) in [6.45, 7) is 6.10. The van der Waals surface area contributed by atoms with Gasteiger partial charge >= 0.3 is 0 Å². The molecular formula is C15H18N4O2. The van der Waals surface area contributed by atoms with Crippen LogP contribution in [-0.2, 0) is 0 Å². The smallest absolute Gasteiger partial charge is 0.276 e. The number of carbonyl (C=O) groups is 1. The van der Waals surface area contributed by atoms with E-state index in [1.807, 2.05) is 31.2 Å². The molecule has 1 aromatic heterocycles. The number of aryl methyl sites for hydroxylation is 1. The molecule has 6 heteroatoms. The third kappa shape index (κ3) is 3.55. The molecule has 0 radical (unpaired) electrons. The van der Waals surface area contributed by atoms with Crippen molar-refractivity contribution in [1.82, 2.24) is 19.9 Å². The predicted molar refractivity (Wildman–Crippen MR) is 79.3 cm³/mol. The molecule has 110 valence electrons. The number of hydrogen-bond donors (Lipinski definition) is 1. The van der Waals surface area contributed by atoms with Gasteiger partial charge in [-0.15, -0.1) is 11.7 Å². The number of amides is 1. The van der Waals surface area contributed by atoms with Crippen molar-refractivity contribution in [3.63, 3.8) is 0 Å². The fraction of sp³-hybridized carbons (Fsp3) is 0.267. The summed E-state index contributed by atoms with van der Waals surface area (Å²) in [4.78, 5) is 13.7. The zero-order valence-corrected chi connectivity index (χ0v) is 11.9. The van der Waals surface area contributed by atoms with E-state index in [2.05, 4.69) is 16.9 Å². The van der Waals surface area contributed by atoms with Crippen molar-refractivity contribution in [2.45, 2.75) is 6.92 Å². The van der Waals surface area contributed by atoms with Gasteiger partial charge in [0.15, 0.2) is 5.69 Å². The molecule has 0 aliphatic carbocycles. The van der Waals surface area contributed by atoms with Gasteiger partial charge in [-0.25, -0.2) is 4.68 Å². The van der Waals surface area contributed by atoms with Gasteiger partial charge in [-0.2, -0.15) is 0 Å². The summed E-state index contributed by atoms with van der Waals surface area (Å²) < 4.78 is 1.55. The molecule has 0 aliphatic heterocycles. The maximum Gasteiger partial charge on any atom is 0.276 e. The number of aromatic nitrogens is 3. The second-order valence-corrected chi connectivity index (χ2v) is 4.65. The lowest BCUT2D eigenvalue weighted by atomic mass is 10.2. The van der Waals surface area contributed by atoms with Gasteiger partial charge in [-0.05, 0) is 19.1 Å². The molecule has 0 unspecified atom stereocenters. The van der Waals surface area contributed by atoms with E-state index in [9.17, 15) is 4.79 Å². The zero-order valence-electron chi connectivity index (χ0n) is 11.9. The first-order chi connectivity index (χ1) is 10.2. The van der Waals surface area contributed by atoms with Crippen LogP contribution in [0.5, 0.6) is 0 Å². The lowest BCUT2D eigenvalue weighted by molar-refractivity contribution is 0.0737. The molecule has 1 N–H and O–H groups in total. The zero-order chi connectivity index (χ0) is 15.2. The minimum atomic E-state index is -0.276. The molecule has 0 spiro atoms. The predicted octanol–water partition coefficient (Wildman–Crippen LogP) is 1.20. The van der Waals surface area contributed by atoms with E-state index < -0.39 is 0 Å². The average Bonchev–Trinajstić information content (AvgIpc) is 2.97. The van der Waals surface area contributed by atoms with Gasteiger partial charge in [0.05, 0.1) is 18.5 Å². The number of carbonyl (C=O) groups excluding carboxylic acids is 1. The Bertz CT molecular complexity index is 619. The van der Waals surface area contributed by atoms with Crippen LogP contribution in [0.3, 0.4) is 0 Å². The lowest BCUT2D eigenvalue weighted by Crippen LogP contribution is -2.33. The van der Waals surface area contributed by atoms with Crippen LogP contribution in [0.4, 0.5) is 0 Å². The molecule has 2 rings (SSSR count). The van der Waals surface area contributed by atoms with Gasteiger partial charge in [-0.3, -0.25) is 4.79 Å². The molecule has 6 nitrogen and oxygen atoms in total. The van der Waals surface area contributed by atoms with Crippen LogP contribution in [-0.4, -0.2) is 50.6 Å². The molecule has 1 amide bonds. The van der Waals surface area contributed by atoms with Crippen molar-refractivity contribution in [2.75, 3.05) is 19.7 Å². The Morgan fingerprint density at radius 3 is 2.76 bits per heavy atom. The molecule has 21 heavy (non-hydrogen) atoms. The molecule has 0 saturated carbocycles. The van der Waals surface area contributed by atoms with Crippen molar-refractivity contribution < 1.29 is 9.90 Å². The van der Waals surface area contributed by atoms with E-state index >= 15 is 0 Å². The number of aliphatic hydroxyl groups excluding tert-OH is 1. The first-order valence-corrected chi connectivity index (χ1v) is 6.66. The van der Waals surface area contributed by atoms with E-state index in [-0.39, 0.29) is 24.8 Å². The number of aliphatic hydroxyl groups is 1. The highest BCUT2D eigenvalue weighted by atomic mass is 16.3. The van der Waals surface area contributed by atoms with Crippen LogP contribution >= 0.6 is 0 Å². The van der Waals surface area contributed by atoms with Crippen molar-refractivity contribution >= 4 is 5.91 Å². The van der Waals surface area contributed by atoms with Crippen LogP contribution < -0.4 is 0 Å². The standard InChI is InChI=1S/C15H18N4O2/c1-3-8-18(9-10-20)15(21)14-11-19(17-16-14)13-6-4-12(2)5-7-13/h3-7,11,20H,1,8-10H2,2H3. The SMILES string of the molecule is C=CCN(CCO)C(=O)c1cn(-c2ccc(C)cc2)nn1. The second-order valence-electron chi connectivity index (χ2n) is 4.65. The Hall–Kier alpha value is -2.47.